The zero-order valence-electron chi connectivity index (χ0n) is 14.3. The molecule has 1 aliphatic rings. The normalized spacial score (nSPS) is 14.4. The van der Waals surface area contributed by atoms with Gasteiger partial charge in [0, 0.05) is 24.4 Å². The van der Waals surface area contributed by atoms with Crippen LogP contribution in [0.25, 0.3) is 12.7 Å². The topological polar surface area (TPSA) is 62.3 Å². The van der Waals surface area contributed by atoms with E-state index in [2.05, 4.69) is 30.7 Å². The smallest absolute Gasteiger partial charge is 0.291 e. The van der Waals surface area contributed by atoms with Gasteiger partial charge in [-0.2, -0.15) is 0 Å². The molecule has 1 fully saturated rings. The predicted octanol–water partition coefficient (Wildman–Crippen LogP) is 2.18. The van der Waals surface area contributed by atoms with Gasteiger partial charge in [0.15, 0.2) is 0 Å². The molecule has 3 amide bonds. The minimum Gasteiger partial charge on any atom is -0.291 e. The summed E-state index contributed by atoms with van der Waals surface area (Å²) in [7, 11) is 0. The van der Waals surface area contributed by atoms with Gasteiger partial charge in [0.25, 0.3) is 0 Å². The van der Waals surface area contributed by atoms with Crippen molar-refractivity contribution >= 4 is 30.3 Å². The quantitative estimate of drug-likeness (QED) is 0.865. The van der Waals surface area contributed by atoms with Crippen molar-refractivity contribution in [2.24, 2.45) is 0 Å². The number of nitrogens with zero attached hydrogens (tertiary/aromatic N) is 2. The van der Waals surface area contributed by atoms with E-state index in [9.17, 15) is 9.59 Å². The van der Waals surface area contributed by atoms with E-state index >= 15 is 0 Å². The number of carbonyl (C=O) groups excluding carboxylic acids is 2. The van der Waals surface area contributed by atoms with E-state index in [0.717, 1.165) is 10.4 Å². The van der Waals surface area contributed by atoms with Gasteiger partial charge in [-0.1, -0.05) is 46.8 Å². The number of hydrogen-bond acceptors (Lipinski definition) is 3. The Morgan fingerprint density at radius 1 is 1.32 bits per heavy atom. The summed E-state index contributed by atoms with van der Waals surface area (Å²) in [6, 6.07) is -0.406. The van der Waals surface area contributed by atoms with Crippen LogP contribution >= 0.6 is 0 Å². The molecule has 0 unspecified atom stereocenters. The first-order valence-electron chi connectivity index (χ1n) is 7.75. The molecule has 5 heteroatoms. The lowest BCUT2D eigenvalue weighted by Gasteiger charge is -2.26. The number of imide groups is 1. The van der Waals surface area contributed by atoms with Crippen LogP contribution in [-0.2, 0) is 4.79 Å². The lowest BCUT2D eigenvalue weighted by Crippen LogP contribution is -2.51. The van der Waals surface area contributed by atoms with Gasteiger partial charge in [-0.25, -0.2) is 4.79 Å². The molecule has 5 nitrogen and oxygen atoms in total. The average Bonchev–Trinajstić information content (AvgIpc) is 2.50. The molecule has 0 bridgehead atoms. The van der Waals surface area contributed by atoms with Crippen LogP contribution in [0, 0.1) is 0 Å². The Balaban J connectivity index is 0.000000789. The summed E-state index contributed by atoms with van der Waals surface area (Å²) < 4.78 is 0. The summed E-state index contributed by atoms with van der Waals surface area (Å²) in [6.45, 7) is 14.4. The minimum absolute atomic E-state index is 0.244. The summed E-state index contributed by atoms with van der Waals surface area (Å²) in [6.07, 6.45) is 6.69. The van der Waals surface area contributed by atoms with E-state index in [4.69, 9.17) is 0 Å². The molecule has 1 N–H and O–H groups in total. The van der Waals surface area contributed by atoms with E-state index in [0.29, 0.717) is 18.7 Å². The van der Waals surface area contributed by atoms with Gasteiger partial charge >= 0.3 is 6.03 Å². The van der Waals surface area contributed by atoms with Crippen LogP contribution < -0.4 is 20.7 Å². The third-order valence-corrected chi connectivity index (χ3v) is 2.68. The van der Waals surface area contributed by atoms with E-state index in [-0.39, 0.29) is 5.91 Å². The second-order valence-electron chi connectivity index (χ2n) is 4.48. The van der Waals surface area contributed by atoms with Crippen molar-refractivity contribution < 1.29 is 9.59 Å². The largest absolute Gasteiger partial charge is 0.328 e. The van der Waals surface area contributed by atoms with Crippen molar-refractivity contribution in [3.8, 4) is 0 Å². The van der Waals surface area contributed by atoms with Gasteiger partial charge < -0.3 is 0 Å². The Hall–Kier alpha value is -2.17. The third kappa shape index (κ3) is 5.31. The van der Waals surface area contributed by atoms with E-state index in [1.165, 1.54) is 11.3 Å². The van der Waals surface area contributed by atoms with Gasteiger partial charge in [0.05, 0.1) is 11.9 Å². The molecule has 22 heavy (non-hydrogen) atoms. The lowest BCUT2D eigenvalue weighted by molar-refractivity contribution is -0.120. The number of urea groups is 1. The van der Waals surface area contributed by atoms with Gasteiger partial charge in [-0.3, -0.25) is 20.0 Å². The van der Waals surface area contributed by atoms with Crippen molar-refractivity contribution in [1.82, 2.24) is 10.3 Å². The van der Waals surface area contributed by atoms with E-state index in [1.54, 1.807) is 12.4 Å². The van der Waals surface area contributed by atoms with Crippen LogP contribution in [-0.4, -0.2) is 23.5 Å². The molecular formula is C17H27N3O2. The maximum atomic E-state index is 11.7. The zero-order valence-corrected chi connectivity index (χ0v) is 14.3. The molecule has 1 aromatic heterocycles. The van der Waals surface area contributed by atoms with E-state index < -0.39 is 6.03 Å². The van der Waals surface area contributed by atoms with Crippen LogP contribution in [0.4, 0.5) is 10.5 Å². The van der Waals surface area contributed by atoms with Gasteiger partial charge in [-0.05, 0) is 12.1 Å². The molecule has 0 atom stereocenters. The average molecular weight is 305 g/mol. The number of aromatic nitrogens is 1. The Labute approximate surface area is 132 Å². The summed E-state index contributed by atoms with van der Waals surface area (Å²) >= 11 is 0. The molecule has 0 spiro atoms. The Bertz CT molecular complexity index is 596. The second-order valence-corrected chi connectivity index (χ2v) is 4.48. The highest BCUT2D eigenvalue weighted by atomic mass is 16.2. The number of carbonyl (C=O) groups is 2. The molecule has 2 rings (SSSR count). The van der Waals surface area contributed by atoms with Crippen LogP contribution in [0.5, 0.6) is 0 Å². The number of nitrogens with one attached hydrogen (secondary N) is 1. The second kappa shape index (κ2) is 10.5. The monoisotopic (exact) mass is 305 g/mol. The van der Waals surface area contributed by atoms with Crippen molar-refractivity contribution in [2.45, 2.75) is 47.5 Å². The van der Waals surface area contributed by atoms with Crippen molar-refractivity contribution in [2.75, 3.05) is 11.4 Å². The van der Waals surface area contributed by atoms with Crippen molar-refractivity contribution in [3.05, 3.63) is 22.8 Å². The SMILES string of the molecule is C=c1cncc(N2CCC(=O)NC2=O)/c1=C/C.CC.CCC. The molecule has 1 aliphatic heterocycles. The number of hydrogen-bond donors (Lipinski definition) is 1. The van der Waals surface area contributed by atoms with Gasteiger partial charge in [-0.15, -0.1) is 0 Å². The molecule has 0 aliphatic carbocycles. The summed E-state index contributed by atoms with van der Waals surface area (Å²) in [4.78, 5) is 28.3. The Morgan fingerprint density at radius 3 is 2.41 bits per heavy atom. The van der Waals surface area contributed by atoms with Crippen molar-refractivity contribution in [3.63, 3.8) is 0 Å². The van der Waals surface area contributed by atoms with Crippen LogP contribution in [0.2, 0.25) is 0 Å². The first kappa shape index (κ1) is 19.8. The highest BCUT2D eigenvalue weighted by Gasteiger charge is 2.24. The number of pyridine rings is 1. The predicted molar refractivity (Wildman–Crippen MR) is 92.0 cm³/mol. The number of anilines is 1. The zero-order chi connectivity index (χ0) is 17.1. The van der Waals surface area contributed by atoms with Crippen LogP contribution in [0.3, 0.4) is 0 Å². The third-order valence-electron chi connectivity index (χ3n) is 2.68. The molecule has 0 aromatic carbocycles. The Morgan fingerprint density at radius 2 is 1.91 bits per heavy atom. The molecule has 0 radical (unpaired) electrons. The lowest BCUT2D eigenvalue weighted by atomic mass is 10.2. The maximum absolute atomic E-state index is 11.7. The molecule has 122 valence electrons. The van der Waals surface area contributed by atoms with E-state index in [1.807, 2.05) is 26.8 Å². The Kier molecular flexibility index (Phi) is 9.50. The first-order chi connectivity index (χ1) is 10.5. The fourth-order valence-electron chi connectivity index (χ4n) is 1.84. The summed E-state index contributed by atoms with van der Waals surface area (Å²) in [5, 5.41) is 3.91. The molecule has 1 saturated heterocycles. The molecule has 1 aromatic rings. The minimum atomic E-state index is -0.406. The number of rotatable bonds is 1. The molecular weight excluding hydrogens is 278 g/mol. The van der Waals surface area contributed by atoms with Crippen LogP contribution in [0.15, 0.2) is 12.4 Å². The standard InChI is InChI=1S/C12H13N3O2.C3H8.C2H6/c1-3-9-8(2)6-13-7-10(9)15-5-4-11(16)14-12(15)17;1-3-2;1-2/h3,6-7H,2,4-5H2,1H3,(H,14,16,17);3H2,1-2H3;1-2H3/b9-3+;;. The summed E-state index contributed by atoms with van der Waals surface area (Å²) in [5.74, 6) is -0.244. The molecule has 2 heterocycles. The van der Waals surface area contributed by atoms with Crippen LogP contribution in [0.1, 0.15) is 47.5 Å². The highest BCUT2D eigenvalue weighted by molar-refractivity contribution is 6.05. The summed E-state index contributed by atoms with van der Waals surface area (Å²) in [5.41, 5.74) is 0.685. The van der Waals surface area contributed by atoms with Gasteiger partial charge in [0.1, 0.15) is 0 Å². The number of amides is 3. The van der Waals surface area contributed by atoms with Gasteiger partial charge in [0.2, 0.25) is 5.91 Å². The van der Waals surface area contributed by atoms with Crippen molar-refractivity contribution in [1.29, 1.82) is 0 Å². The first-order valence-corrected chi connectivity index (χ1v) is 7.75. The maximum Gasteiger partial charge on any atom is 0.328 e. The highest BCUT2D eigenvalue weighted by Crippen LogP contribution is 2.09. The molecule has 0 saturated carbocycles. The fourth-order valence-corrected chi connectivity index (χ4v) is 1.84. The fraction of sp³-hybridized carbons (Fsp3) is 0.471.